The molecule has 1 atom stereocenters. The van der Waals surface area contributed by atoms with Crippen molar-refractivity contribution in [3.05, 3.63) is 145 Å². The third-order valence-corrected chi connectivity index (χ3v) is 8.69. The minimum Gasteiger partial charge on any atom is -0.493 e. The SMILES string of the molecule is C1=CCOc2cccc(c2)Nc2nccc(n2)-c2cc(cc(C3/C=C/CCOc4cccc(c4)-c4ccnc(n4)Nc4cccc(c4)OC3)c2)OCC1. The molecule has 10 heteroatoms. The maximum atomic E-state index is 6.49. The number of fused-ring (bicyclic) bond motifs is 14. The van der Waals surface area contributed by atoms with E-state index in [0.29, 0.717) is 44.7 Å². The molecular formula is C43H38N6O4. The molecule has 264 valence electrons. The average Bonchev–Trinajstić information content (AvgIpc) is 3.18. The molecule has 53 heavy (non-hydrogen) atoms. The summed E-state index contributed by atoms with van der Waals surface area (Å²) in [5, 5.41) is 6.66. The fourth-order valence-corrected chi connectivity index (χ4v) is 6.09. The molecular weight excluding hydrogens is 665 g/mol. The topological polar surface area (TPSA) is 113 Å². The third kappa shape index (κ3) is 8.80. The Balaban J connectivity index is 1.13. The quantitative estimate of drug-likeness (QED) is 0.161. The number of rotatable bonds is 1. The van der Waals surface area contributed by atoms with Gasteiger partial charge in [-0.15, -0.1) is 0 Å². The highest BCUT2D eigenvalue weighted by Gasteiger charge is 2.16. The summed E-state index contributed by atoms with van der Waals surface area (Å²) in [5.41, 5.74) is 6.10. The molecule has 0 aliphatic carbocycles. The first-order valence-electron chi connectivity index (χ1n) is 17.7. The molecule has 0 saturated heterocycles. The van der Waals surface area contributed by atoms with Gasteiger partial charge in [0.2, 0.25) is 11.9 Å². The maximum Gasteiger partial charge on any atom is 0.227 e. The first-order chi connectivity index (χ1) is 26.2. The van der Waals surface area contributed by atoms with Gasteiger partial charge in [-0.25, -0.2) is 19.9 Å². The zero-order chi connectivity index (χ0) is 35.7. The minimum absolute atomic E-state index is 0.121. The van der Waals surface area contributed by atoms with E-state index in [0.717, 1.165) is 68.9 Å². The summed E-state index contributed by atoms with van der Waals surface area (Å²) >= 11 is 0. The minimum atomic E-state index is -0.121. The smallest absolute Gasteiger partial charge is 0.227 e. The monoisotopic (exact) mass is 702 g/mol. The molecule has 0 amide bonds. The Labute approximate surface area is 308 Å². The highest BCUT2D eigenvalue weighted by Crippen LogP contribution is 2.32. The molecule has 0 fully saturated rings. The molecule has 2 aliphatic rings. The number of nitrogens with one attached hydrogen (secondary N) is 2. The second kappa shape index (κ2) is 16.1. The largest absolute Gasteiger partial charge is 0.493 e. The van der Waals surface area contributed by atoms with Crippen LogP contribution >= 0.6 is 0 Å². The summed E-state index contributed by atoms with van der Waals surface area (Å²) in [6.07, 6.45) is 13.4. The van der Waals surface area contributed by atoms with Gasteiger partial charge in [-0.2, -0.15) is 0 Å². The highest BCUT2D eigenvalue weighted by molar-refractivity contribution is 5.66. The molecule has 0 spiro atoms. The zero-order valence-electron chi connectivity index (χ0n) is 29.0. The van der Waals surface area contributed by atoms with Crippen molar-refractivity contribution in [1.82, 2.24) is 19.9 Å². The van der Waals surface area contributed by atoms with Crippen LogP contribution in [0.4, 0.5) is 23.3 Å². The Morgan fingerprint density at radius 2 is 1.15 bits per heavy atom. The third-order valence-electron chi connectivity index (χ3n) is 8.69. The first-order valence-corrected chi connectivity index (χ1v) is 17.7. The van der Waals surface area contributed by atoms with E-state index in [1.807, 2.05) is 97.1 Å². The lowest BCUT2D eigenvalue weighted by molar-refractivity contribution is 0.303. The standard InChI is InChI=1S/C43H38N6O4/c1-3-20-51-37-14-7-11-34(27-37)46-43-45-19-17-41(49-43)33-23-32(25-39(26-33)52-21-4-1)31-9-2-5-22-50-36-13-6-10-30(24-36)40-16-18-44-42(48-40)47-35-12-8-15-38(28-35)53-29-31/h1-3,6-19,23-28,31H,4-5,20-22,29H2,(H,44,47,48)(H,45,46,49)/b3-1?,9-2+. The summed E-state index contributed by atoms with van der Waals surface area (Å²) < 4.78 is 24.9. The van der Waals surface area contributed by atoms with E-state index in [2.05, 4.69) is 51.0 Å². The number of nitrogens with zero attached hydrogens (tertiary/aromatic N) is 4. The highest BCUT2D eigenvalue weighted by atomic mass is 16.5. The van der Waals surface area contributed by atoms with Gasteiger partial charge in [-0.3, -0.25) is 0 Å². The lowest BCUT2D eigenvalue weighted by Gasteiger charge is -2.19. The van der Waals surface area contributed by atoms with Gasteiger partial charge in [0.15, 0.2) is 0 Å². The van der Waals surface area contributed by atoms with Crippen molar-refractivity contribution in [3.8, 4) is 45.5 Å². The molecule has 4 heterocycles. The van der Waals surface area contributed by atoms with E-state index in [1.54, 1.807) is 12.4 Å². The number of anilines is 4. The fraction of sp³-hybridized carbons (Fsp3) is 0.163. The molecule has 6 aromatic rings. The average molecular weight is 703 g/mol. The van der Waals surface area contributed by atoms with E-state index >= 15 is 0 Å². The number of benzene rings is 4. The van der Waals surface area contributed by atoms with Gasteiger partial charge in [0.25, 0.3) is 0 Å². The second-order valence-corrected chi connectivity index (χ2v) is 12.6. The van der Waals surface area contributed by atoms with Crippen LogP contribution in [0.3, 0.4) is 0 Å². The second-order valence-electron chi connectivity index (χ2n) is 12.6. The first kappa shape index (κ1) is 33.5. The van der Waals surface area contributed by atoms with E-state index in [-0.39, 0.29) is 5.92 Å². The molecule has 10 nitrogen and oxygen atoms in total. The summed E-state index contributed by atoms with van der Waals surface area (Å²) in [7, 11) is 0. The molecule has 8 rings (SSSR count). The van der Waals surface area contributed by atoms with Crippen molar-refractivity contribution in [2.45, 2.75) is 18.8 Å². The van der Waals surface area contributed by atoms with E-state index in [4.69, 9.17) is 28.9 Å². The summed E-state index contributed by atoms with van der Waals surface area (Å²) in [6, 6.07) is 33.6. The molecule has 2 aromatic heterocycles. The van der Waals surface area contributed by atoms with Crippen molar-refractivity contribution in [3.63, 3.8) is 0 Å². The van der Waals surface area contributed by atoms with Crippen LogP contribution in [0, 0.1) is 0 Å². The number of aromatic nitrogens is 4. The van der Waals surface area contributed by atoms with Crippen LogP contribution < -0.4 is 29.6 Å². The van der Waals surface area contributed by atoms with Gasteiger partial charge in [-0.1, -0.05) is 48.6 Å². The predicted octanol–water partition coefficient (Wildman–Crippen LogP) is 9.31. The van der Waals surface area contributed by atoms with Crippen molar-refractivity contribution in [2.24, 2.45) is 0 Å². The van der Waals surface area contributed by atoms with Crippen LogP contribution in [0.25, 0.3) is 22.5 Å². The van der Waals surface area contributed by atoms with Gasteiger partial charge >= 0.3 is 0 Å². The van der Waals surface area contributed by atoms with Gasteiger partial charge < -0.3 is 29.6 Å². The van der Waals surface area contributed by atoms with Crippen molar-refractivity contribution < 1.29 is 18.9 Å². The Morgan fingerprint density at radius 1 is 0.528 bits per heavy atom. The van der Waals surface area contributed by atoms with Crippen LogP contribution in [0.2, 0.25) is 0 Å². The van der Waals surface area contributed by atoms with Gasteiger partial charge in [0.05, 0.1) is 31.2 Å². The molecule has 12 bridgehead atoms. The zero-order valence-corrected chi connectivity index (χ0v) is 29.0. The van der Waals surface area contributed by atoms with E-state index in [1.165, 1.54) is 0 Å². The Kier molecular flexibility index (Phi) is 10.2. The number of hydrogen-bond donors (Lipinski definition) is 2. The lowest BCUT2D eigenvalue weighted by atomic mass is 9.95. The van der Waals surface area contributed by atoms with Gasteiger partial charge in [0, 0.05) is 52.9 Å². The van der Waals surface area contributed by atoms with Crippen molar-refractivity contribution in [2.75, 3.05) is 37.1 Å². The summed E-state index contributed by atoms with van der Waals surface area (Å²) in [6.45, 7) is 1.86. The molecule has 0 saturated carbocycles. The van der Waals surface area contributed by atoms with Crippen LogP contribution in [0.5, 0.6) is 23.0 Å². The van der Waals surface area contributed by atoms with E-state index in [9.17, 15) is 0 Å². The van der Waals surface area contributed by atoms with Crippen LogP contribution in [-0.2, 0) is 0 Å². The summed E-state index contributed by atoms with van der Waals surface area (Å²) in [5.74, 6) is 3.86. The molecule has 2 aliphatic heterocycles. The molecule has 4 aromatic carbocycles. The Hall–Kier alpha value is -6.68. The molecule has 1 unspecified atom stereocenters. The fourth-order valence-electron chi connectivity index (χ4n) is 6.09. The predicted molar refractivity (Wildman–Crippen MR) is 207 cm³/mol. The van der Waals surface area contributed by atoms with Crippen LogP contribution in [0.1, 0.15) is 24.3 Å². The van der Waals surface area contributed by atoms with Crippen LogP contribution in [0.15, 0.2) is 140 Å². The summed E-state index contributed by atoms with van der Waals surface area (Å²) in [4.78, 5) is 18.6. The van der Waals surface area contributed by atoms with Crippen molar-refractivity contribution in [1.29, 1.82) is 0 Å². The van der Waals surface area contributed by atoms with Crippen LogP contribution in [-0.4, -0.2) is 46.4 Å². The van der Waals surface area contributed by atoms with Gasteiger partial charge in [0.1, 0.15) is 29.6 Å². The molecule has 2 N–H and O–H groups in total. The number of hydrogen-bond acceptors (Lipinski definition) is 10. The Bertz CT molecular complexity index is 2260. The lowest BCUT2D eigenvalue weighted by Crippen LogP contribution is -2.10. The maximum absolute atomic E-state index is 6.49. The van der Waals surface area contributed by atoms with Gasteiger partial charge in [-0.05, 0) is 85.1 Å². The normalized spacial score (nSPS) is 16.3. The number of ether oxygens (including phenoxy) is 4. The van der Waals surface area contributed by atoms with E-state index < -0.39 is 0 Å². The Morgan fingerprint density at radius 3 is 1.91 bits per heavy atom. The molecule has 0 radical (unpaired) electrons. The van der Waals surface area contributed by atoms with Crippen molar-refractivity contribution >= 4 is 23.3 Å².